The van der Waals surface area contributed by atoms with Crippen LogP contribution in [-0.2, 0) is 14.3 Å². The first-order valence-corrected chi connectivity index (χ1v) is 6.52. The van der Waals surface area contributed by atoms with E-state index in [9.17, 15) is 4.79 Å². The Hall–Kier alpha value is -0.650. The Kier molecular flexibility index (Phi) is 7.96. The maximum absolute atomic E-state index is 11.6. The summed E-state index contributed by atoms with van der Waals surface area (Å²) >= 11 is 0. The molecule has 1 atom stereocenters. The summed E-state index contributed by atoms with van der Waals surface area (Å²) in [4.78, 5) is 11.6. The first-order chi connectivity index (χ1) is 8.34. The minimum absolute atomic E-state index is 0.0224. The summed E-state index contributed by atoms with van der Waals surface area (Å²) in [5, 5.41) is 5.99. The fourth-order valence-electron chi connectivity index (χ4n) is 1.58. The summed E-state index contributed by atoms with van der Waals surface area (Å²) in [6.45, 7) is 6.38. The highest BCUT2D eigenvalue weighted by Crippen LogP contribution is 1.96. The molecule has 0 saturated carbocycles. The zero-order valence-electron chi connectivity index (χ0n) is 10.7. The molecule has 5 nitrogen and oxygen atoms in total. The lowest BCUT2D eigenvalue weighted by atomic mass is 10.3. The molecule has 0 spiro atoms. The molecule has 1 aliphatic rings. The van der Waals surface area contributed by atoms with Crippen LogP contribution in [0.2, 0.25) is 0 Å². The number of hydrogen-bond acceptors (Lipinski definition) is 4. The lowest BCUT2D eigenvalue weighted by molar-refractivity contribution is -0.134. The van der Waals surface area contributed by atoms with E-state index in [-0.39, 0.29) is 12.0 Å². The molecule has 100 valence electrons. The van der Waals surface area contributed by atoms with Crippen LogP contribution in [0.15, 0.2) is 0 Å². The molecule has 17 heavy (non-hydrogen) atoms. The predicted molar refractivity (Wildman–Crippen MR) is 66.0 cm³/mol. The molecule has 0 aliphatic carbocycles. The Morgan fingerprint density at radius 3 is 3.00 bits per heavy atom. The zero-order valence-corrected chi connectivity index (χ0v) is 10.7. The van der Waals surface area contributed by atoms with Gasteiger partial charge < -0.3 is 20.1 Å². The van der Waals surface area contributed by atoms with Crippen LogP contribution in [0.1, 0.15) is 26.2 Å². The van der Waals surface area contributed by atoms with Gasteiger partial charge in [-0.2, -0.15) is 0 Å². The highest BCUT2D eigenvalue weighted by molar-refractivity contribution is 5.81. The van der Waals surface area contributed by atoms with Gasteiger partial charge in [-0.25, -0.2) is 0 Å². The molecule has 1 saturated heterocycles. The van der Waals surface area contributed by atoms with E-state index in [1.54, 1.807) is 0 Å². The summed E-state index contributed by atoms with van der Waals surface area (Å²) in [6, 6.07) is 0. The van der Waals surface area contributed by atoms with Gasteiger partial charge in [-0.05, 0) is 12.8 Å². The van der Waals surface area contributed by atoms with Gasteiger partial charge in [0, 0.05) is 32.8 Å². The maximum Gasteiger partial charge on any atom is 0.250 e. The van der Waals surface area contributed by atoms with Crippen LogP contribution >= 0.6 is 0 Å². The van der Waals surface area contributed by atoms with Crippen LogP contribution in [0.3, 0.4) is 0 Å². The largest absolute Gasteiger partial charge is 0.381 e. The van der Waals surface area contributed by atoms with Crippen molar-refractivity contribution in [3.63, 3.8) is 0 Å². The molecular formula is C12H24N2O3. The molecule has 1 amide bonds. The topological polar surface area (TPSA) is 59.6 Å². The Bertz CT molecular complexity index is 206. The van der Waals surface area contributed by atoms with E-state index in [0.29, 0.717) is 26.3 Å². The Balaban J connectivity index is 1.92. The Morgan fingerprint density at radius 1 is 1.47 bits per heavy atom. The molecule has 1 rings (SSSR count). The van der Waals surface area contributed by atoms with Crippen molar-refractivity contribution in [2.24, 2.45) is 0 Å². The average Bonchev–Trinajstić information content (AvgIpc) is 2.38. The number of nitrogens with one attached hydrogen (secondary N) is 2. The number of morpholine rings is 1. The second kappa shape index (κ2) is 9.39. The standard InChI is InChI=1S/C12H24N2O3/c1-2-3-7-16-8-4-5-14-12(15)11-10-13-6-9-17-11/h11,13H,2-10H2,1H3,(H,14,15). The van der Waals surface area contributed by atoms with E-state index in [4.69, 9.17) is 9.47 Å². The quantitative estimate of drug-likeness (QED) is 0.603. The molecule has 0 aromatic carbocycles. The van der Waals surface area contributed by atoms with E-state index in [1.807, 2.05) is 0 Å². The predicted octanol–water partition coefficient (Wildman–Crippen LogP) is 0.298. The van der Waals surface area contributed by atoms with Gasteiger partial charge in [0.05, 0.1) is 6.61 Å². The molecule has 1 heterocycles. The van der Waals surface area contributed by atoms with Crippen molar-refractivity contribution in [1.82, 2.24) is 10.6 Å². The normalized spacial score (nSPS) is 20.2. The minimum atomic E-state index is -0.329. The molecule has 5 heteroatoms. The molecule has 0 bridgehead atoms. The van der Waals surface area contributed by atoms with E-state index >= 15 is 0 Å². The van der Waals surface area contributed by atoms with Crippen molar-refractivity contribution in [2.45, 2.75) is 32.3 Å². The van der Waals surface area contributed by atoms with E-state index in [2.05, 4.69) is 17.6 Å². The van der Waals surface area contributed by atoms with Gasteiger partial charge in [0.25, 0.3) is 0 Å². The molecule has 0 radical (unpaired) electrons. The number of rotatable bonds is 8. The summed E-state index contributed by atoms with van der Waals surface area (Å²) in [5.41, 5.74) is 0. The van der Waals surface area contributed by atoms with Crippen LogP contribution in [0, 0.1) is 0 Å². The van der Waals surface area contributed by atoms with E-state index in [0.717, 1.165) is 32.4 Å². The van der Waals surface area contributed by atoms with Crippen LogP contribution in [0.25, 0.3) is 0 Å². The van der Waals surface area contributed by atoms with E-state index in [1.165, 1.54) is 0 Å². The van der Waals surface area contributed by atoms with E-state index < -0.39 is 0 Å². The molecule has 1 unspecified atom stereocenters. The minimum Gasteiger partial charge on any atom is -0.381 e. The maximum atomic E-state index is 11.6. The molecule has 1 fully saturated rings. The lowest BCUT2D eigenvalue weighted by Crippen LogP contribution is -2.48. The zero-order chi connectivity index (χ0) is 12.3. The third-order valence-corrected chi connectivity index (χ3v) is 2.63. The number of carbonyl (C=O) groups is 1. The molecule has 0 aromatic heterocycles. The van der Waals surface area contributed by atoms with Gasteiger partial charge in [0.2, 0.25) is 5.91 Å². The van der Waals surface area contributed by atoms with Gasteiger partial charge in [0.15, 0.2) is 0 Å². The number of unbranched alkanes of at least 4 members (excludes halogenated alkanes) is 1. The number of amides is 1. The summed E-state index contributed by atoms with van der Waals surface area (Å²) < 4.78 is 10.8. The third-order valence-electron chi connectivity index (χ3n) is 2.63. The smallest absolute Gasteiger partial charge is 0.250 e. The Morgan fingerprint density at radius 2 is 2.29 bits per heavy atom. The Labute approximate surface area is 103 Å². The van der Waals surface area contributed by atoms with Crippen LogP contribution in [0.5, 0.6) is 0 Å². The third kappa shape index (κ3) is 6.61. The van der Waals surface area contributed by atoms with Crippen molar-refractivity contribution in [2.75, 3.05) is 39.5 Å². The average molecular weight is 244 g/mol. The fourth-order valence-corrected chi connectivity index (χ4v) is 1.58. The monoisotopic (exact) mass is 244 g/mol. The molecule has 2 N–H and O–H groups in total. The van der Waals surface area contributed by atoms with Gasteiger partial charge >= 0.3 is 0 Å². The number of hydrogen-bond donors (Lipinski definition) is 2. The highest BCUT2D eigenvalue weighted by atomic mass is 16.5. The molecule has 0 aromatic rings. The highest BCUT2D eigenvalue weighted by Gasteiger charge is 2.20. The van der Waals surface area contributed by atoms with Crippen molar-refractivity contribution >= 4 is 5.91 Å². The summed E-state index contributed by atoms with van der Waals surface area (Å²) in [7, 11) is 0. The number of carbonyl (C=O) groups excluding carboxylic acids is 1. The van der Waals surface area contributed by atoms with Gasteiger partial charge in [0.1, 0.15) is 6.10 Å². The fraction of sp³-hybridized carbons (Fsp3) is 0.917. The second-order valence-electron chi connectivity index (χ2n) is 4.17. The second-order valence-corrected chi connectivity index (χ2v) is 4.17. The van der Waals surface area contributed by atoms with Gasteiger partial charge in [-0.15, -0.1) is 0 Å². The molecular weight excluding hydrogens is 220 g/mol. The SMILES string of the molecule is CCCCOCCCNC(=O)C1CNCCO1. The van der Waals surface area contributed by atoms with Crippen molar-refractivity contribution in [3.05, 3.63) is 0 Å². The molecule has 1 aliphatic heterocycles. The van der Waals surface area contributed by atoms with Crippen molar-refractivity contribution in [1.29, 1.82) is 0 Å². The van der Waals surface area contributed by atoms with Crippen LogP contribution < -0.4 is 10.6 Å². The van der Waals surface area contributed by atoms with Crippen molar-refractivity contribution in [3.8, 4) is 0 Å². The first-order valence-electron chi connectivity index (χ1n) is 6.52. The summed E-state index contributed by atoms with van der Waals surface area (Å²) in [5.74, 6) is -0.0224. The number of ether oxygens (including phenoxy) is 2. The van der Waals surface area contributed by atoms with Crippen LogP contribution in [-0.4, -0.2) is 51.5 Å². The van der Waals surface area contributed by atoms with Crippen molar-refractivity contribution < 1.29 is 14.3 Å². The first kappa shape index (κ1) is 14.4. The lowest BCUT2D eigenvalue weighted by Gasteiger charge is -2.22. The van der Waals surface area contributed by atoms with Crippen LogP contribution in [0.4, 0.5) is 0 Å². The van der Waals surface area contributed by atoms with Gasteiger partial charge in [-0.1, -0.05) is 13.3 Å². The van der Waals surface area contributed by atoms with Gasteiger partial charge in [-0.3, -0.25) is 4.79 Å². The summed E-state index contributed by atoms with van der Waals surface area (Å²) in [6.07, 6.45) is 2.79.